The lowest BCUT2D eigenvalue weighted by Crippen LogP contribution is -2.47. The summed E-state index contributed by atoms with van der Waals surface area (Å²) in [6.45, 7) is 9.23. The van der Waals surface area contributed by atoms with Gasteiger partial charge in [0.25, 0.3) is 0 Å². The van der Waals surface area contributed by atoms with Gasteiger partial charge < -0.3 is 4.74 Å². The van der Waals surface area contributed by atoms with Crippen molar-refractivity contribution in [3.8, 4) is 0 Å². The highest BCUT2D eigenvalue weighted by Gasteiger charge is 2.44. The summed E-state index contributed by atoms with van der Waals surface area (Å²) in [5.41, 5.74) is 2.09. The van der Waals surface area contributed by atoms with E-state index in [4.69, 9.17) is 4.74 Å². The molecule has 0 N–H and O–H groups in total. The standard InChI is InChI=1S/C19H28O2/c1-5-21-19(11-9-18(3,4)10-12-19)17(20)14-16-8-6-7-15(2)13-16/h6-8,13H,5,9-12,14H2,1-4H3. The Bertz CT molecular complexity index is 492. The smallest absolute Gasteiger partial charge is 0.168 e. The lowest BCUT2D eigenvalue weighted by atomic mass is 9.69. The normalized spacial score (nSPS) is 20.2. The van der Waals surface area contributed by atoms with Crippen LogP contribution in [0.4, 0.5) is 0 Å². The minimum absolute atomic E-state index is 0.255. The molecule has 0 bridgehead atoms. The molecule has 0 unspecified atom stereocenters. The molecule has 0 spiro atoms. The van der Waals surface area contributed by atoms with Gasteiger partial charge in [-0.3, -0.25) is 4.79 Å². The molecule has 1 aromatic carbocycles. The number of benzene rings is 1. The maximum atomic E-state index is 12.9. The van der Waals surface area contributed by atoms with Crippen molar-refractivity contribution in [1.29, 1.82) is 0 Å². The Morgan fingerprint density at radius 2 is 1.86 bits per heavy atom. The SMILES string of the molecule is CCOC1(C(=O)Cc2cccc(C)c2)CCC(C)(C)CC1. The van der Waals surface area contributed by atoms with Crippen molar-refractivity contribution >= 4 is 5.78 Å². The average Bonchev–Trinajstić information content (AvgIpc) is 2.41. The average molecular weight is 288 g/mol. The first-order valence-electron chi connectivity index (χ1n) is 8.10. The fraction of sp³-hybridized carbons (Fsp3) is 0.632. The Morgan fingerprint density at radius 3 is 2.43 bits per heavy atom. The minimum atomic E-state index is -0.548. The van der Waals surface area contributed by atoms with Crippen molar-refractivity contribution in [1.82, 2.24) is 0 Å². The quantitative estimate of drug-likeness (QED) is 0.798. The van der Waals surface area contributed by atoms with Crippen LogP contribution in [0.3, 0.4) is 0 Å². The molecule has 116 valence electrons. The van der Waals surface area contributed by atoms with Gasteiger partial charge >= 0.3 is 0 Å². The van der Waals surface area contributed by atoms with Gasteiger partial charge in [-0.1, -0.05) is 43.7 Å². The second-order valence-corrected chi connectivity index (χ2v) is 7.18. The van der Waals surface area contributed by atoms with Crippen LogP contribution in [0.5, 0.6) is 0 Å². The Morgan fingerprint density at radius 1 is 1.19 bits per heavy atom. The topological polar surface area (TPSA) is 26.3 Å². The number of ketones is 1. The van der Waals surface area contributed by atoms with E-state index < -0.39 is 5.60 Å². The molecule has 1 fully saturated rings. The first kappa shape index (κ1) is 16.2. The van der Waals surface area contributed by atoms with Gasteiger partial charge in [0.05, 0.1) is 0 Å². The van der Waals surface area contributed by atoms with Crippen LogP contribution in [0.25, 0.3) is 0 Å². The van der Waals surface area contributed by atoms with Crippen LogP contribution < -0.4 is 0 Å². The first-order valence-corrected chi connectivity index (χ1v) is 8.10. The molecule has 0 amide bonds. The third-order valence-electron chi connectivity index (χ3n) is 4.79. The Hall–Kier alpha value is -1.15. The fourth-order valence-corrected chi connectivity index (χ4v) is 3.28. The monoisotopic (exact) mass is 288 g/mol. The molecule has 2 nitrogen and oxygen atoms in total. The third-order valence-corrected chi connectivity index (χ3v) is 4.79. The predicted octanol–water partition coefficient (Wildman–Crippen LogP) is 4.48. The predicted molar refractivity (Wildman–Crippen MR) is 86.5 cm³/mol. The number of aryl methyl sites for hydroxylation is 1. The van der Waals surface area contributed by atoms with E-state index in [1.807, 2.05) is 19.1 Å². The lowest BCUT2D eigenvalue weighted by Gasteiger charge is -2.42. The van der Waals surface area contributed by atoms with Crippen LogP contribution in [0.1, 0.15) is 57.6 Å². The largest absolute Gasteiger partial charge is 0.367 e. The number of hydrogen-bond donors (Lipinski definition) is 0. The van der Waals surface area contributed by atoms with E-state index >= 15 is 0 Å². The van der Waals surface area contributed by atoms with Crippen molar-refractivity contribution in [2.24, 2.45) is 5.41 Å². The molecular weight excluding hydrogens is 260 g/mol. The molecule has 0 aromatic heterocycles. The van der Waals surface area contributed by atoms with E-state index in [1.165, 1.54) is 5.56 Å². The zero-order valence-corrected chi connectivity index (χ0v) is 13.9. The molecular formula is C19H28O2. The van der Waals surface area contributed by atoms with Crippen LogP contribution in [0.15, 0.2) is 24.3 Å². The lowest BCUT2D eigenvalue weighted by molar-refractivity contribution is -0.151. The highest BCUT2D eigenvalue weighted by Crippen LogP contribution is 2.42. The summed E-state index contributed by atoms with van der Waals surface area (Å²) in [7, 11) is 0. The Labute approximate surface area is 128 Å². The molecule has 2 rings (SSSR count). The first-order chi connectivity index (χ1) is 9.87. The number of carbonyl (C=O) groups is 1. The molecule has 1 aliphatic rings. The molecule has 0 radical (unpaired) electrons. The Balaban J connectivity index is 2.13. The van der Waals surface area contributed by atoms with Gasteiger partial charge in [-0.2, -0.15) is 0 Å². The molecule has 0 atom stereocenters. The second kappa shape index (κ2) is 6.31. The summed E-state index contributed by atoms with van der Waals surface area (Å²) in [4.78, 5) is 12.9. The summed E-state index contributed by atoms with van der Waals surface area (Å²) in [5.74, 6) is 0.255. The zero-order valence-electron chi connectivity index (χ0n) is 13.9. The maximum absolute atomic E-state index is 12.9. The molecule has 1 aromatic rings. The van der Waals surface area contributed by atoms with E-state index in [9.17, 15) is 4.79 Å². The van der Waals surface area contributed by atoms with Crippen LogP contribution >= 0.6 is 0 Å². The number of rotatable bonds is 5. The molecule has 0 aliphatic heterocycles. The summed E-state index contributed by atoms with van der Waals surface area (Å²) in [6.07, 6.45) is 4.33. The van der Waals surface area contributed by atoms with E-state index in [0.29, 0.717) is 18.4 Å². The van der Waals surface area contributed by atoms with Gasteiger partial charge in [-0.15, -0.1) is 0 Å². The second-order valence-electron chi connectivity index (χ2n) is 7.18. The van der Waals surface area contributed by atoms with Crippen molar-refractivity contribution in [3.05, 3.63) is 35.4 Å². The van der Waals surface area contributed by atoms with E-state index in [2.05, 4.69) is 32.9 Å². The number of ether oxygens (including phenoxy) is 1. The molecule has 1 saturated carbocycles. The molecule has 21 heavy (non-hydrogen) atoms. The minimum Gasteiger partial charge on any atom is -0.367 e. The van der Waals surface area contributed by atoms with Crippen molar-refractivity contribution in [2.75, 3.05) is 6.61 Å². The molecule has 0 heterocycles. The zero-order chi connectivity index (χ0) is 15.5. The van der Waals surface area contributed by atoms with Crippen LogP contribution in [-0.2, 0) is 16.0 Å². The number of hydrogen-bond acceptors (Lipinski definition) is 2. The van der Waals surface area contributed by atoms with Gasteiger partial charge in [0.1, 0.15) is 5.60 Å². The van der Waals surface area contributed by atoms with Gasteiger partial charge in [-0.25, -0.2) is 0 Å². The van der Waals surface area contributed by atoms with Crippen molar-refractivity contribution in [2.45, 2.75) is 65.4 Å². The maximum Gasteiger partial charge on any atom is 0.168 e. The number of carbonyl (C=O) groups excluding carboxylic acids is 1. The highest BCUT2D eigenvalue weighted by atomic mass is 16.5. The van der Waals surface area contributed by atoms with Crippen LogP contribution in [0, 0.1) is 12.3 Å². The molecule has 1 aliphatic carbocycles. The van der Waals surface area contributed by atoms with Crippen molar-refractivity contribution < 1.29 is 9.53 Å². The molecule has 2 heteroatoms. The number of Topliss-reactive ketones (excluding diaryl/α,β-unsaturated/α-hetero) is 1. The Kier molecular flexibility index (Phi) is 4.88. The van der Waals surface area contributed by atoms with Crippen LogP contribution in [-0.4, -0.2) is 18.0 Å². The summed E-state index contributed by atoms with van der Waals surface area (Å²) >= 11 is 0. The van der Waals surface area contributed by atoms with Crippen molar-refractivity contribution in [3.63, 3.8) is 0 Å². The van der Waals surface area contributed by atoms with Gasteiger partial charge in [0.15, 0.2) is 5.78 Å². The highest BCUT2D eigenvalue weighted by molar-refractivity contribution is 5.89. The summed E-state index contributed by atoms with van der Waals surface area (Å²) in [6, 6.07) is 8.23. The fourth-order valence-electron chi connectivity index (χ4n) is 3.28. The van der Waals surface area contributed by atoms with Gasteiger partial charge in [0, 0.05) is 13.0 Å². The van der Waals surface area contributed by atoms with Gasteiger partial charge in [0.2, 0.25) is 0 Å². The van der Waals surface area contributed by atoms with E-state index in [1.54, 1.807) is 0 Å². The van der Waals surface area contributed by atoms with E-state index in [0.717, 1.165) is 31.2 Å². The van der Waals surface area contributed by atoms with E-state index in [-0.39, 0.29) is 5.78 Å². The summed E-state index contributed by atoms with van der Waals surface area (Å²) in [5, 5.41) is 0. The summed E-state index contributed by atoms with van der Waals surface area (Å²) < 4.78 is 5.98. The van der Waals surface area contributed by atoms with Gasteiger partial charge in [-0.05, 0) is 50.5 Å². The molecule has 0 saturated heterocycles. The van der Waals surface area contributed by atoms with Crippen LogP contribution in [0.2, 0.25) is 0 Å². The third kappa shape index (κ3) is 3.94.